The van der Waals surface area contributed by atoms with Crippen LogP contribution in [0.3, 0.4) is 0 Å². The highest BCUT2D eigenvalue weighted by molar-refractivity contribution is 7.98. The summed E-state index contributed by atoms with van der Waals surface area (Å²) in [5.41, 5.74) is 2.14. The highest BCUT2D eigenvalue weighted by Crippen LogP contribution is 2.23. The summed E-state index contributed by atoms with van der Waals surface area (Å²) in [5.74, 6) is 0.960. The molecule has 0 bridgehead atoms. The van der Waals surface area contributed by atoms with E-state index >= 15 is 0 Å². The van der Waals surface area contributed by atoms with Crippen molar-refractivity contribution < 1.29 is 17.1 Å². The van der Waals surface area contributed by atoms with E-state index in [1.807, 2.05) is 0 Å². The average molecular weight is 331 g/mol. The summed E-state index contributed by atoms with van der Waals surface area (Å²) in [7, 11) is 0. The predicted octanol–water partition coefficient (Wildman–Crippen LogP) is 2.13. The Bertz CT molecular complexity index is 548. The van der Waals surface area contributed by atoms with E-state index < -0.39 is 0 Å². The molecule has 0 radical (unpaired) electrons. The van der Waals surface area contributed by atoms with Crippen molar-refractivity contribution in [3.05, 3.63) is 18.2 Å². The van der Waals surface area contributed by atoms with E-state index in [1.165, 1.54) is 11.3 Å². The molecular formula is C15H29N3O3S. The molecule has 6 nitrogen and oxygen atoms in total. The number of hydrogen-bond donors (Lipinski definition) is 1. The molecule has 2 heterocycles. The Balaban J connectivity index is 0. The van der Waals surface area contributed by atoms with Crippen LogP contribution in [0, 0.1) is 0 Å². The van der Waals surface area contributed by atoms with Crippen molar-refractivity contribution in [3.8, 4) is 0 Å². The number of nitrogens with zero attached hydrogens (tertiary/aromatic N) is 2. The number of imidazole rings is 1. The third kappa shape index (κ3) is 5.17. The summed E-state index contributed by atoms with van der Waals surface area (Å²) in [6, 6.07) is 6.33. The van der Waals surface area contributed by atoms with E-state index in [9.17, 15) is 0 Å². The SMILES string of the molecule is CCC.CSc1ccc2nc(N3CCOCC3)[nH]c2c1.O.O.[HH]. The topological polar surface area (TPSA) is 104 Å². The van der Waals surface area contributed by atoms with E-state index in [0.717, 1.165) is 43.3 Å². The maximum atomic E-state index is 5.35. The number of benzene rings is 1. The highest BCUT2D eigenvalue weighted by atomic mass is 32.2. The van der Waals surface area contributed by atoms with Crippen molar-refractivity contribution in [2.75, 3.05) is 37.5 Å². The van der Waals surface area contributed by atoms with Gasteiger partial charge in [0.1, 0.15) is 0 Å². The summed E-state index contributed by atoms with van der Waals surface area (Å²) in [4.78, 5) is 11.5. The van der Waals surface area contributed by atoms with Gasteiger partial charge in [-0.25, -0.2) is 4.98 Å². The number of aromatic amines is 1. The number of aromatic nitrogens is 2. The van der Waals surface area contributed by atoms with E-state index in [-0.39, 0.29) is 12.4 Å². The third-order valence-electron chi connectivity index (χ3n) is 2.99. The van der Waals surface area contributed by atoms with Gasteiger partial charge in [0.2, 0.25) is 5.95 Å². The molecule has 0 aliphatic carbocycles. The van der Waals surface area contributed by atoms with Gasteiger partial charge in [-0.3, -0.25) is 0 Å². The van der Waals surface area contributed by atoms with Crippen LogP contribution < -0.4 is 4.90 Å². The highest BCUT2D eigenvalue weighted by Gasteiger charge is 2.14. The molecule has 1 aromatic heterocycles. The maximum Gasteiger partial charge on any atom is 0.203 e. The van der Waals surface area contributed by atoms with Crippen molar-refractivity contribution >= 4 is 28.7 Å². The molecule has 0 unspecified atom stereocenters. The summed E-state index contributed by atoms with van der Waals surface area (Å²) in [6.45, 7) is 7.64. The molecule has 1 fully saturated rings. The quantitative estimate of drug-likeness (QED) is 0.851. The van der Waals surface area contributed by atoms with Crippen LogP contribution in [-0.2, 0) is 4.74 Å². The van der Waals surface area contributed by atoms with Gasteiger partial charge in [-0.15, -0.1) is 11.8 Å². The van der Waals surface area contributed by atoms with Crippen molar-refractivity contribution in [2.24, 2.45) is 0 Å². The first-order valence-corrected chi connectivity index (χ1v) is 8.37. The molecule has 3 rings (SSSR count). The average Bonchev–Trinajstić information content (AvgIpc) is 2.92. The smallest absolute Gasteiger partial charge is 0.203 e. The first-order chi connectivity index (χ1) is 9.78. The molecule has 22 heavy (non-hydrogen) atoms. The van der Waals surface area contributed by atoms with Crippen LogP contribution in [0.4, 0.5) is 5.95 Å². The fourth-order valence-corrected chi connectivity index (χ4v) is 2.47. The van der Waals surface area contributed by atoms with Gasteiger partial charge in [-0.2, -0.15) is 0 Å². The lowest BCUT2D eigenvalue weighted by Gasteiger charge is -2.26. The molecular weight excluding hydrogens is 302 g/mol. The van der Waals surface area contributed by atoms with Crippen LogP contribution in [-0.4, -0.2) is 53.5 Å². The summed E-state index contributed by atoms with van der Waals surface area (Å²) < 4.78 is 5.35. The van der Waals surface area contributed by atoms with Crippen LogP contribution in [0.5, 0.6) is 0 Å². The van der Waals surface area contributed by atoms with Gasteiger partial charge in [0.25, 0.3) is 0 Å². The number of ether oxygens (including phenoxy) is 1. The van der Waals surface area contributed by atoms with Gasteiger partial charge in [0.15, 0.2) is 0 Å². The standard InChI is InChI=1S/C12H15N3OS.C3H8.2H2O.H2/c1-17-9-2-3-10-11(8-9)14-12(13-10)15-4-6-16-7-5-15;1-3-2;;;/h2-3,8H,4-7H2,1H3,(H,13,14);3H2,1-2H3;2*1H2;1H. The fraction of sp³-hybridized carbons (Fsp3) is 0.533. The number of hydrogen-bond acceptors (Lipinski definition) is 4. The largest absolute Gasteiger partial charge is 0.412 e. The molecule has 0 atom stereocenters. The number of thioether (sulfide) groups is 1. The van der Waals surface area contributed by atoms with Crippen molar-refractivity contribution in [1.29, 1.82) is 0 Å². The molecule has 1 aliphatic heterocycles. The Labute approximate surface area is 137 Å². The van der Waals surface area contributed by atoms with Gasteiger partial charge >= 0.3 is 0 Å². The third-order valence-corrected chi connectivity index (χ3v) is 3.71. The van der Waals surface area contributed by atoms with Crippen LogP contribution >= 0.6 is 11.8 Å². The lowest BCUT2D eigenvalue weighted by molar-refractivity contribution is 0.122. The summed E-state index contributed by atoms with van der Waals surface area (Å²) >= 11 is 1.75. The molecule has 5 N–H and O–H groups in total. The van der Waals surface area contributed by atoms with E-state index in [4.69, 9.17) is 4.74 Å². The number of H-pyrrole nitrogens is 1. The van der Waals surface area contributed by atoms with E-state index in [1.54, 1.807) is 11.8 Å². The van der Waals surface area contributed by atoms with Crippen LogP contribution in [0.1, 0.15) is 21.7 Å². The van der Waals surface area contributed by atoms with E-state index in [0.29, 0.717) is 0 Å². The molecule has 0 saturated carbocycles. The first kappa shape index (κ1) is 20.7. The van der Waals surface area contributed by atoms with Crippen molar-refractivity contribution in [3.63, 3.8) is 0 Å². The lowest BCUT2D eigenvalue weighted by atomic mass is 10.3. The molecule has 1 aliphatic rings. The zero-order chi connectivity index (χ0) is 14.4. The number of rotatable bonds is 2. The molecule has 1 aromatic carbocycles. The predicted molar refractivity (Wildman–Crippen MR) is 96.2 cm³/mol. The Hall–Kier alpha value is -1.28. The Morgan fingerprint density at radius 2 is 1.91 bits per heavy atom. The van der Waals surface area contributed by atoms with Crippen molar-refractivity contribution in [1.82, 2.24) is 9.97 Å². The van der Waals surface area contributed by atoms with Crippen LogP contribution in [0.15, 0.2) is 23.1 Å². The molecule has 2 aromatic rings. The van der Waals surface area contributed by atoms with Gasteiger partial charge in [0.05, 0.1) is 24.2 Å². The minimum Gasteiger partial charge on any atom is -0.412 e. The van der Waals surface area contributed by atoms with Crippen molar-refractivity contribution in [2.45, 2.75) is 25.2 Å². The second-order valence-electron chi connectivity index (χ2n) is 4.75. The maximum absolute atomic E-state index is 5.35. The summed E-state index contributed by atoms with van der Waals surface area (Å²) in [5, 5.41) is 0. The molecule has 7 heteroatoms. The zero-order valence-corrected chi connectivity index (χ0v) is 14.3. The summed E-state index contributed by atoms with van der Waals surface area (Å²) in [6.07, 6.45) is 3.33. The van der Waals surface area contributed by atoms with Gasteiger partial charge < -0.3 is 25.6 Å². The second kappa shape index (κ2) is 10.4. The lowest BCUT2D eigenvalue weighted by Crippen LogP contribution is -2.36. The van der Waals surface area contributed by atoms with Crippen LogP contribution in [0.2, 0.25) is 0 Å². The van der Waals surface area contributed by atoms with Crippen LogP contribution in [0.25, 0.3) is 11.0 Å². The number of morpholine rings is 1. The molecule has 0 amide bonds. The number of anilines is 1. The second-order valence-corrected chi connectivity index (χ2v) is 5.63. The minimum absolute atomic E-state index is 0. The Morgan fingerprint density at radius 1 is 1.27 bits per heavy atom. The van der Waals surface area contributed by atoms with Gasteiger partial charge in [-0.1, -0.05) is 20.3 Å². The normalized spacial score (nSPS) is 13.7. The Kier molecular flexibility index (Phi) is 9.84. The fourth-order valence-electron chi connectivity index (χ4n) is 2.03. The van der Waals surface area contributed by atoms with Gasteiger partial charge in [0, 0.05) is 19.4 Å². The molecule has 128 valence electrons. The first-order valence-electron chi connectivity index (χ1n) is 7.15. The van der Waals surface area contributed by atoms with E-state index in [2.05, 4.69) is 53.2 Å². The molecule has 0 spiro atoms. The molecule has 1 saturated heterocycles. The number of nitrogens with one attached hydrogen (secondary N) is 1. The minimum atomic E-state index is 0. The zero-order valence-electron chi connectivity index (χ0n) is 13.5. The van der Waals surface area contributed by atoms with Gasteiger partial charge in [-0.05, 0) is 24.5 Å². The Morgan fingerprint density at radius 3 is 2.50 bits per heavy atom. The monoisotopic (exact) mass is 331 g/mol. The number of fused-ring (bicyclic) bond motifs is 1.